The van der Waals surface area contributed by atoms with Gasteiger partial charge >= 0.3 is 0 Å². The molecule has 0 radical (unpaired) electrons. The van der Waals surface area contributed by atoms with Crippen molar-refractivity contribution in [2.45, 2.75) is 33.6 Å². The van der Waals surface area contributed by atoms with Crippen LogP contribution in [0.5, 0.6) is 0 Å². The van der Waals surface area contributed by atoms with Gasteiger partial charge in [-0.2, -0.15) is 10.1 Å². The van der Waals surface area contributed by atoms with E-state index in [0.29, 0.717) is 12.5 Å². The van der Waals surface area contributed by atoms with Gasteiger partial charge in [0.15, 0.2) is 0 Å². The minimum atomic E-state index is 0.225. The first-order valence-electron chi connectivity index (χ1n) is 7.97. The summed E-state index contributed by atoms with van der Waals surface area (Å²) < 4.78 is 1.95. The van der Waals surface area contributed by atoms with Crippen molar-refractivity contribution in [3.63, 3.8) is 0 Å². The van der Waals surface area contributed by atoms with E-state index >= 15 is 0 Å². The molecule has 3 heterocycles. The van der Waals surface area contributed by atoms with E-state index in [0.717, 1.165) is 36.0 Å². The average Bonchev–Trinajstić information content (AvgIpc) is 3.09. The fraction of sp³-hybridized carbons (Fsp3) is 0.562. The molecule has 2 aromatic heterocycles. The number of nitrogens with zero attached hydrogens (tertiary/aromatic N) is 3. The van der Waals surface area contributed by atoms with Crippen LogP contribution >= 0.6 is 0 Å². The van der Waals surface area contributed by atoms with Crippen LogP contribution in [0.4, 0.5) is 0 Å². The molecule has 118 valence electrons. The molecule has 1 aliphatic rings. The van der Waals surface area contributed by atoms with Gasteiger partial charge in [0.05, 0.1) is 13.1 Å². The van der Waals surface area contributed by atoms with Crippen molar-refractivity contribution in [1.82, 2.24) is 19.7 Å². The number of Topliss-reactive ketones (excluding diaryl/α,β-unsaturated/α-hetero) is 1. The number of quaternary nitrogens is 1. The third kappa shape index (κ3) is 2.83. The van der Waals surface area contributed by atoms with Crippen molar-refractivity contribution in [3.8, 4) is 5.95 Å². The Morgan fingerprint density at radius 1 is 1.41 bits per heavy atom. The third-order valence-corrected chi connectivity index (χ3v) is 4.74. The molecular formula is C16H24N5O+. The quantitative estimate of drug-likeness (QED) is 0.817. The highest BCUT2D eigenvalue weighted by Gasteiger charge is 2.24. The molecule has 1 aliphatic heterocycles. The third-order valence-electron chi connectivity index (χ3n) is 4.74. The maximum atomic E-state index is 12.7. The number of aryl methyl sites for hydroxylation is 1. The van der Waals surface area contributed by atoms with Crippen molar-refractivity contribution in [3.05, 3.63) is 29.3 Å². The van der Waals surface area contributed by atoms with E-state index in [9.17, 15) is 4.79 Å². The van der Waals surface area contributed by atoms with Crippen molar-refractivity contribution in [2.24, 2.45) is 5.92 Å². The first-order valence-corrected chi connectivity index (χ1v) is 7.97. The number of hydrogen-bond donors (Lipinski definition) is 2. The van der Waals surface area contributed by atoms with Crippen LogP contribution in [0.25, 0.3) is 5.95 Å². The van der Waals surface area contributed by atoms with Crippen LogP contribution in [0.1, 0.15) is 41.5 Å². The highest BCUT2D eigenvalue weighted by atomic mass is 16.1. The lowest BCUT2D eigenvalue weighted by atomic mass is 9.99. The lowest BCUT2D eigenvalue weighted by molar-refractivity contribution is -0.897. The highest BCUT2D eigenvalue weighted by molar-refractivity contribution is 5.98. The summed E-state index contributed by atoms with van der Waals surface area (Å²) in [6.45, 7) is 9.05. The van der Waals surface area contributed by atoms with E-state index in [1.807, 2.05) is 24.5 Å². The number of piperidine rings is 1. The number of aromatic nitrogens is 4. The normalized spacial score (nSPS) is 22.0. The molecule has 0 aromatic carbocycles. The second-order valence-electron chi connectivity index (χ2n) is 6.46. The van der Waals surface area contributed by atoms with Gasteiger partial charge in [-0.1, -0.05) is 6.92 Å². The SMILES string of the molecule is Cc1cc(C(=O)C[NH+]2CCC(C)CC2)c(C)n1-c1ncn[nH]1. The maximum absolute atomic E-state index is 12.7. The molecule has 0 amide bonds. The predicted molar refractivity (Wildman–Crippen MR) is 83.5 cm³/mol. The summed E-state index contributed by atoms with van der Waals surface area (Å²) in [7, 11) is 0. The van der Waals surface area contributed by atoms with Gasteiger partial charge in [0.25, 0.3) is 0 Å². The van der Waals surface area contributed by atoms with Crippen LogP contribution in [0, 0.1) is 19.8 Å². The highest BCUT2D eigenvalue weighted by Crippen LogP contribution is 2.18. The van der Waals surface area contributed by atoms with Crippen LogP contribution in [-0.4, -0.2) is 45.2 Å². The zero-order chi connectivity index (χ0) is 15.7. The molecule has 6 nitrogen and oxygen atoms in total. The van der Waals surface area contributed by atoms with Crippen molar-refractivity contribution in [2.75, 3.05) is 19.6 Å². The van der Waals surface area contributed by atoms with Gasteiger partial charge in [0.1, 0.15) is 12.9 Å². The first kappa shape index (κ1) is 15.0. The van der Waals surface area contributed by atoms with Crippen LogP contribution < -0.4 is 4.90 Å². The van der Waals surface area contributed by atoms with Crippen LogP contribution in [-0.2, 0) is 0 Å². The molecule has 0 atom stereocenters. The predicted octanol–water partition coefficient (Wildman–Crippen LogP) is 0.710. The molecule has 2 aromatic rings. The zero-order valence-electron chi connectivity index (χ0n) is 13.5. The molecule has 6 heteroatoms. The minimum absolute atomic E-state index is 0.225. The summed E-state index contributed by atoms with van der Waals surface area (Å²) in [6, 6.07) is 1.96. The summed E-state index contributed by atoms with van der Waals surface area (Å²) >= 11 is 0. The zero-order valence-corrected chi connectivity index (χ0v) is 13.5. The number of carbonyl (C=O) groups excluding carboxylic acids is 1. The Bertz CT molecular complexity index is 650. The molecule has 0 unspecified atom stereocenters. The second kappa shape index (κ2) is 6.04. The Balaban J connectivity index is 1.77. The summed E-state index contributed by atoms with van der Waals surface area (Å²) in [6.07, 6.45) is 3.92. The van der Waals surface area contributed by atoms with Crippen molar-refractivity contribution < 1.29 is 9.69 Å². The Morgan fingerprint density at radius 2 is 2.14 bits per heavy atom. The van der Waals surface area contributed by atoms with Gasteiger partial charge in [-0.05, 0) is 38.7 Å². The topological polar surface area (TPSA) is 68.0 Å². The Labute approximate surface area is 130 Å². The van der Waals surface area contributed by atoms with Gasteiger partial charge in [0, 0.05) is 17.0 Å². The summed E-state index contributed by atoms with van der Waals surface area (Å²) in [5.41, 5.74) is 2.74. The standard InChI is InChI=1S/C16H23N5O/c1-11-4-6-20(7-5-11)9-15(22)14-8-12(2)21(13(14)3)16-17-10-18-19-16/h8,10-11H,4-7,9H2,1-3H3,(H,17,18,19)/p+1. The van der Waals surface area contributed by atoms with E-state index in [4.69, 9.17) is 0 Å². The van der Waals surface area contributed by atoms with E-state index < -0.39 is 0 Å². The smallest absolute Gasteiger partial charge is 0.229 e. The largest absolute Gasteiger partial charge is 0.328 e. The van der Waals surface area contributed by atoms with Gasteiger partial charge in [0.2, 0.25) is 11.7 Å². The molecule has 0 spiro atoms. The molecular weight excluding hydrogens is 278 g/mol. The Kier molecular flexibility index (Phi) is 4.11. The second-order valence-corrected chi connectivity index (χ2v) is 6.46. The molecule has 22 heavy (non-hydrogen) atoms. The molecule has 0 bridgehead atoms. The van der Waals surface area contributed by atoms with Crippen LogP contribution in [0.15, 0.2) is 12.4 Å². The monoisotopic (exact) mass is 302 g/mol. The number of aromatic amines is 1. The van der Waals surface area contributed by atoms with Crippen LogP contribution in [0.3, 0.4) is 0 Å². The number of ketones is 1. The number of rotatable bonds is 4. The Hall–Kier alpha value is -1.95. The van der Waals surface area contributed by atoms with Crippen molar-refractivity contribution >= 4 is 5.78 Å². The molecule has 2 N–H and O–H groups in total. The number of H-pyrrole nitrogens is 1. The van der Waals surface area contributed by atoms with Gasteiger partial charge in [-0.25, -0.2) is 5.10 Å². The van der Waals surface area contributed by atoms with Crippen LogP contribution in [0.2, 0.25) is 0 Å². The molecule has 1 saturated heterocycles. The number of hydrogen-bond acceptors (Lipinski definition) is 3. The van der Waals surface area contributed by atoms with E-state index in [1.165, 1.54) is 24.1 Å². The lowest BCUT2D eigenvalue weighted by Crippen LogP contribution is -3.13. The maximum Gasteiger partial charge on any atom is 0.229 e. The fourth-order valence-electron chi connectivity index (χ4n) is 3.35. The first-order chi connectivity index (χ1) is 10.6. The molecule has 0 aliphatic carbocycles. The Morgan fingerprint density at radius 3 is 2.77 bits per heavy atom. The summed E-state index contributed by atoms with van der Waals surface area (Å²) in [4.78, 5) is 18.3. The summed E-state index contributed by atoms with van der Waals surface area (Å²) in [5, 5.41) is 6.75. The molecule has 0 saturated carbocycles. The van der Waals surface area contributed by atoms with E-state index in [-0.39, 0.29) is 5.78 Å². The van der Waals surface area contributed by atoms with Gasteiger partial charge < -0.3 is 4.90 Å². The van der Waals surface area contributed by atoms with Crippen molar-refractivity contribution in [1.29, 1.82) is 0 Å². The van der Waals surface area contributed by atoms with E-state index in [1.54, 1.807) is 0 Å². The average molecular weight is 302 g/mol. The number of carbonyl (C=O) groups is 1. The summed E-state index contributed by atoms with van der Waals surface area (Å²) in [5.74, 6) is 1.69. The van der Waals surface area contributed by atoms with E-state index in [2.05, 4.69) is 22.1 Å². The molecule has 3 rings (SSSR count). The van der Waals surface area contributed by atoms with Gasteiger partial charge in [-0.15, -0.1) is 0 Å². The fourth-order valence-corrected chi connectivity index (χ4v) is 3.35. The number of nitrogens with one attached hydrogen (secondary N) is 2. The lowest BCUT2D eigenvalue weighted by Gasteiger charge is -2.26. The minimum Gasteiger partial charge on any atom is -0.328 e. The molecule has 1 fully saturated rings. The number of likely N-dealkylation sites (tertiary alicyclic amines) is 1. The van der Waals surface area contributed by atoms with Gasteiger partial charge in [-0.3, -0.25) is 9.36 Å².